The number of benzene rings is 1. The smallest absolute Gasteiger partial charge is 0.267 e. The van der Waals surface area contributed by atoms with Crippen LogP contribution in [-0.4, -0.2) is 43.5 Å². The summed E-state index contributed by atoms with van der Waals surface area (Å²) in [6.07, 6.45) is -0.910. The molecular weight excluding hydrogens is 254 g/mol. The van der Waals surface area contributed by atoms with Crippen LogP contribution >= 0.6 is 0 Å². The fourth-order valence-electron chi connectivity index (χ4n) is 1.78. The third kappa shape index (κ3) is 4.64. The molecule has 0 aliphatic heterocycles. The van der Waals surface area contributed by atoms with Gasteiger partial charge < -0.3 is 10.0 Å². The van der Waals surface area contributed by atoms with E-state index in [0.717, 1.165) is 17.8 Å². The number of aliphatic hydroxyl groups excluding tert-OH is 1. The van der Waals surface area contributed by atoms with Crippen LogP contribution < -0.4 is 4.90 Å². The predicted molar refractivity (Wildman–Crippen MR) is 71.5 cm³/mol. The standard InChI is InChI=1S/C12H19NO4S/c1-3-13(2)12-7-5-4-6-10(12)8-11(14)9-18(15,16)17/h4-7,11,14H,3,8-9H2,1-2H3,(H,15,16,17). The number of para-hydroxylation sites is 1. The Morgan fingerprint density at radius 3 is 2.50 bits per heavy atom. The number of nitrogens with zero attached hydrogens (tertiary/aromatic N) is 1. The summed E-state index contributed by atoms with van der Waals surface area (Å²) in [5.41, 5.74) is 1.81. The van der Waals surface area contributed by atoms with Gasteiger partial charge in [-0.1, -0.05) is 18.2 Å². The van der Waals surface area contributed by atoms with Crippen LogP contribution in [0.25, 0.3) is 0 Å². The Morgan fingerprint density at radius 2 is 1.94 bits per heavy atom. The summed E-state index contributed by atoms with van der Waals surface area (Å²) >= 11 is 0. The molecule has 1 rings (SSSR count). The van der Waals surface area contributed by atoms with Crippen LogP contribution in [0.2, 0.25) is 0 Å². The summed E-state index contributed by atoms with van der Waals surface area (Å²) in [6, 6.07) is 7.48. The molecule has 0 aliphatic rings. The first kappa shape index (κ1) is 14.9. The lowest BCUT2D eigenvalue weighted by molar-refractivity contribution is 0.195. The summed E-state index contributed by atoms with van der Waals surface area (Å²) in [7, 11) is -2.22. The maximum absolute atomic E-state index is 10.7. The molecule has 0 saturated heterocycles. The van der Waals surface area contributed by atoms with Gasteiger partial charge in [0.25, 0.3) is 10.1 Å². The van der Waals surface area contributed by atoms with Crippen molar-refractivity contribution in [3.05, 3.63) is 29.8 Å². The lowest BCUT2D eigenvalue weighted by Crippen LogP contribution is -2.24. The van der Waals surface area contributed by atoms with Crippen molar-refractivity contribution < 1.29 is 18.1 Å². The molecule has 0 radical (unpaired) electrons. The molecule has 0 bridgehead atoms. The molecular formula is C12H19NO4S. The maximum Gasteiger partial charge on any atom is 0.267 e. The Balaban J connectivity index is 2.84. The minimum Gasteiger partial charge on any atom is -0.392 e. The fourth-order valence-corrected chi connectivity index (χ4v) is 2.39. The highest BCUT2D eigenvalue weighted by atomic mass is 32.2. The van der Waals surface area contributed by atoms with Crippen molar-refractivity contribution in [1.29, 1.82) is 0 Å². The third-order valence-electron chi connectivity index (χ3n) is 2.74. The summed E-state index contributed by atoms with van der Waals surface area (Å²) in [5.74, 6) is -0.642. The van der Waals surface area contributed by atoms with Gasteiger partial charge in [0.2, 0.25) is 0 Å². The van der Waals surface area contributed by atoms with Gasteiger partial charge in [-0.05, 0) is 18.6 Å². The summed E-state index contributed by atoms with van der Waals surface area (Å²) in [4.78, 5) is 2.01. The molecule has 5 nitrogen and oxygen atoms in total. The van der Waals surface area contributed by atoms with Gasteiger partial charge in [-0.3, -0.25) is 4.55 Å². The second kappa shape index (κ2) is 6.17. The molecule has 0 fully saturated rings. The average molecular weight is 273 g/mol. The zero-order valence-electron chi connectivity index (χ0n) is 10.6. The van der Waals surface area contributed by atoms with Gasteiger partial charge in [-0.2, -0.15) is 8.42 Å². The Bertz CT molecular complexity index is 487. The number of rotatable bonds is 6. The predicted octanol–water partition coefficient (Wildman–Crippen LogP) is 0.934. The molecule has 0 aromatic heterocycles. The minimum atomic E-state index is -4.15. The first-order valence-electron chi connectivity index (χ1n) is 5.75. The topological polar surface area (TPSA) is 77.8 Å². The van der Waals surface area contributed by atoms with Crippen molar-refractivity contribution in [2.24, 2.45) is 0 Å². The Labute approximate surface area is 108 Å². The zero-order chi connectivity index (χ0) is 13.8. The highest BCUT2D eigenvalue weighted by molar-refractivity contribution is 7.85. The molecule has 18 heavy (non-hydrogen) atoms. The summed E-state index contributed by atoms with van der Waals surface area (Å²) < 4.78 is 30.1. The van der Waals surface area contributed by atoms with Gasteiger partial charge >= 0.3 is 0 Å². The van der Waals surface area contributed by atoms with Crippen molar-refractivity contribution in [3.63, 3.8) is 0 Å². The Morgan fingerprint density at radius 1 is 1.33 bits per heavy atom. The van der Waals surface area contributed by atoms with Crippen LogP contribution in [0.4, 0.5) is 5.69 Å². The van der Waals surface area contributed by atoms with E-state index in [2.05, 4.69) is 0 Å². The molecule has 0 amide bonds. The molecule has 1 aromatic rings. The van der Waals surface area contributed by atoms with E-state index in [0.29, 0.717) is 0 Å². The SMILES string of the molecule is CCN(C)c1ccccc1CC(O)CS(=O)(=O)O. The highest BCUT2D eigenvalue weighted by Gasteiger charge is 2.16. The molecule has 0 heterocycles. The quantitative estimate of drug-likeness (QED) is 0.754. The van der Waals surface area contributed by atoms with E-state index in [1.54, 1.807) is 0 Å². The van der Waals surface area contributed by atoms with Crippen molar-refractivity contribution in [2.45, 2.75) is 19.4 Å². The first-order valence-corrected chi connectivity index (χ1v) is 7.36. The highest BCUT2D eigenvalue weighted by Crippen LogP contribution is 2.20. The number of hydrogen-bond donors (Lipinski definition) is 2. The van der Waals surface area contributed by atoms with Gasteiger partial charge in [0, 0.05) is 25.7 Å². The van der Waals surface area contributed by atoms with Crippen LogP contribution in [0.15, 0.2) is 24.3 Å². The van der Waals surface area contributed by atoms with Crippen molar-refractivity contribution in [1.82, 2.24) is 0 Å². The average Bonchev–Trinajstić information content (AvgIpc) is 2.26. The number of aliphatic hydroxyl groups is 1. The summed E-state index contributed by atoms with van der Waals surface area (Å²) in [6.45, 7) is 2.82. The van der Waals surface area contributed by atoms with E-state index in [1.807, 2.05) is 43.1 Å². The van der Waals surface area contributed by atoms with E-state index in [9.17, 15) is 13.5 Å². The zero-order valence-corrected chi connectivity index (χ0v) is 11.4. The maximum atomic E-state index is 10.7. The summed E-state index contributed by atoms with van der Waals surface area (Å²) in [5, 5.41) is 9.66. The Kier molecular flexibility index (Phi) is 5.13. The largest absolute Gasteiger partial charge is 0.392 e. The van der Waals surface area contributed by atoms with Crippen molar-refractivity contribution in [2.75, 3.05) is 24.2 Å². The van der Waals surface area contributed by atoms with E-state index in [-0.39, 0.29) is 6.42 Å². The second-order valence-corrected chi connectivity index (χ2v) is 5.75. The molecule has 0 aliphatic carbocycles. The molecule has 0 saturated carbocycles. The van der Waals surface area contributed by atoms with Gasteiger partial charge in [-0.25, -0.2) is 0 Å². The van der Waals surface area contributed by atoms with E-state index in [4.69, 9.17) is 4.55 Å². The van der Waals surface area contributed by atoms with Crippen LogP contribution in [0.1, 0.15) is 12.5 Å². The molecule has 1 unspecified atom stereocenters. The van der Waals surface area contributed by atoms with Gasteiger partial charge in [0.1, 0.15) is 5.75 Å². The van der Waals surface area contributed by atoms with Gasteiger partial charge in [0.15, 0.2) is 0 Å². The van der Waals surface area contributed by atoms with Crippen LogP contribution in [0.3, 0.4) is 0 Å². The van der Waals surface area contributed by atoms with Crippen LogP contribution in [0, 0.1) is 0 Å². The molecule has 1 atom stereocenters. The van der Waals surface area contributed by atoms with E-state index < -0.39 is 22.0 Å². The first-order chi connectivity index (χ1) is 8.33. The molecule has 1 aromatic carbocycles. The molecule has 102 valence electrons. The van der Waals surface area contributed by atoms with E-state index in [1.165, 1.54) is 0 Å². The fraction of sp³-hybridized carbons (Fsp3) is 0.500. The third-order valence-corrected chi connectivity index (χ3v) is 3.54. The Hall–Kier alpha value is -1.11. The second-order valence-electron chi connectivity index (χ2n) is 4.25. The normalized spacial score (nSPS) is 13.3. The molecule has 6 heteroatoms. The van der Waals surface area contributed by atoms with Gasteiger partial charge in [-0.15, -0.1) is 0 Å². The lowest BCUT2D eigenvalue weighted by atomic mass is 10.1. The van der Waals surface area contributed by atoms with Crippen molar-refractivity contribution >= 4 is 15.8 Å². The van der Waals surface area contributed by atoms with E-state index >= 15 is 0 Å². The number of hydrogen-bond acceptors (Lipinski definition) is 4. The molecule has 2 N–H and O–H groups in total. The van der Waals surface area contributed by atoms with Crippen LogP contribution in [-0.2, 0) is 16.5 Å². The number of anilines is 1. The lowest BCUT2D eigenvalue weighted by Gasteiger charge is -2.21. The van der Waals surface area contributed by atoms with Crippen molar-refractivity contribution in [3.8, 4) is 0 Å². The van der Waals surface area contributed by atoms with Gasteiger partial charge in [0.05, 0.1) is 6.10 Å². The monoisotopic (exact) mass is 273 g/mol. The van der Waals surface area contributed by atoms with Crippen LogP contribution in [0.5, 0.6) is 0 Å². The minimum absolute atomic E-state index is 0.195. The molecule has 0 spiro atoms.